The average Bonchev–Trinajstić information content (AvgIpc) is 3.68. The molecule has 1 aliphatic carbocycles. The van der Waals surface area contributed by atoms with Crippen LogP contribution in [0.15, 0.2) is 30.6 Å². The molecule has 254 valence electrons. The number of pyridine rings is 1. The molecule has 5 rings (SSSR count). The maximum Gasteiger partial charge on any atom is 0.387 e. The molecule has 11 nitrogen and oxygen atoms in total. The van der Waals surface area contributed by atoms with Gasteiger partial charge >= 0.3 is 12.6 Å². The van der Waals surface area contributed by atoms with Crippen molar-refractivity contribution >= 4 is 51.0 Å². The van der Waals surface area contributed by atoms with E-state index in [-0.39, 0.29) is 40.3 Å². The van der Waals surface area contributed by atoms with Crippen LogP contribution in [0.2, 0.25) is 10.0 Å². The highest BCUT2D eigenvalue weighted by atomic mass is 35.5. The molecule has 0 bridgehead atoms. The molecule has 46 heavy (non-hydrogen) atoms. The molecule has 0 amide bonds. The molecule has 17 heteroatoms. The van der Waals surface area contributed by atoms with Crippen LogP contribution in [0.3, 0.4) is 0 Å². The zero-order valence-electron chi connectivity index (χ0n) is 25.2. The van der Waals surface area contributed by atoms with E-state index in [1.165, 1.54) is 22.5 Å². The number of ether oxygens (including phenoxy) is 3. The molecule has 0 N–H and O–H groups in total. The molecule has 1 aromatic heterocycles. The van der Waals surface area contributed by atoms with E-state index in [1.807, 2.05) is 7.05 Å². The molecule has 2 saturated heterocycles. The SMILES string of the molecule is CN1CCN(CCS(=O)(=O)N2CCS[C@H]2C(=O)O[C@@H](Cc2c(Cl)c[n+]([O-])cc2Cl)c2ccc(OC(F)F)c(OCC3CC3)c2)CC1. The van der Waals surface area contributed by atoms with Gasteiger partial charge in [-0.05, 0) is 43.5 Å². The van der Waals surface area contributed by atoms with Crippen LogP contribution in [-0.2, 0) is 26.0 Å². The van der Waals surface area contributed by atoms with Gasteiger partial charge in [0.1, 0.15) is 16.1 Å². The Bertz CT molecular complexity index is 1470. The first-order chi connectivity index (χ1) is 21.9. The van der Waals surface area contributed by atoms with Crippen LogP contribution in [0.4, 0.5) is 8.78 Å². The van der Waals surface area contributed by atoms with Gasteiger partial charge in [-0.25, -0.2) is 13.2 Å². The van der Waals surface area contributed by atoms with Crippen LogP contribution in [0.25, 0.3) is 0 Å². The second-order valence-electron chi connectivity index (χ2n) is 11.6. The summed E-state index contributed by atoms with van der Waals surface area (Å²) in [6, 6.07) is 4.19. The molecular formula is C29H36Cl2F2N4O7S2. The minimum absolute atomic E-state index is 0.0229. The third-order valence-electron chi connectivity index (χ3n) is 8.10. The number of nitrogens with zero attached hydrogens (tertiary/aromatic N) is 4. The number of alkyl halides is 2. The Kier molecular flexibility index (Phi) is 11.8. The van der Waals surface area contributed by atoms with Crippen molar-refractivity contribution in [2.24, 2.45) is 5.92 Å². The Hall–Kier alpha value is -2.14. The number of sulfonamides is 1. The lowest BCUT2D eigenvalue weighted by Gasteiger charge is -2.32. The Morgan fingerprint density at radius 2 is 1.80 bits per heavy atom. The molecule has 0 radical (unpaired) electrons. The first kappa shape index (κ1) is 35.2. The van der Waals surface area contributed by atoms with E-state index < -0.39 is 34.1 Å². The van der Waals surface area contributed by atoms with Crippen LogP contribution in [0.1, 0.15) is 30.1 Å². The summed E-state index contributed by atoms with van der Waals surface area (Å²) in [6.07, 6.45) is 2.92. The van der Waals surface area contributed by atoms with Crippen molar-refractivity contribution in [3.8, 4) is 11.5 Å². The number of halogens is 4. The zero-order valence-corrected chi connectivity index (χ0v) is 28.3. The van der Waals surface area contributed by atoms with E-state index in [9.17, 15) is 27.2 Å². The number of benzene rings is 1. The summed E-state index contributed by atoms with van der Waals surface area (Å²) in [4.78, 5) is 18.0. The quantitative estimate of drug-likeness (QED) is 0.162. The lowest BCUT2D eigenvalue weighted by Crippen LogP contribution is -2.48. The topological polar surface area (TPSA) is 116 Å². The number of thioether (sulfide) groups is 1. The Morgan fingerprint density at radius 3 is 2.46 bits per heavy atom. The van der Waals surface area contributed by atoms with E-state index >= 15 is 0 Å². The van der Waals surface area contributed by atoms with Crippen molar-refractivity contribution in [1.82, 2.24) is 14.1 Å². The summed E-state index contributed by atoms with van der Waals surface area (Å²) < 4.78 is 71.3. The van der Waals surface area contributed by atoms with Crippen molar-refractivity contribution in [1.29, 1.82) is 0 Å². The second kappa shape index (κ2) is 15.4. The molecule has 1 saturated carbocycles. The van der Waals surface area contributed by atoms with Gasteiger partial charge in [0.2, 0.25) is 10.0 Å². The van der Waals surface area contributed by atoms with Gasteiger partial charge in [-0.1, -0.05) is 29.3 Å². The van der Waals surface area contributed by atoms with Crippen molar-refractivity contribution in [2.75, 3.05) is 64.4 Å². The molecule has 2 aliphatic heterocycles. The van der Waals surface area contributed by atoms with Crippen LogP contribution in [0, 0.1) is 11.1 Å². The van der Waals surface area contributed by atoms with Crippen molar-refractivity contribution in [3.05, 3.63) is 57.0 Å². The van der Waals surface area contributed by atoms with Gasteiger partial charge < -0.3 is 24.3 Å². The summed E-state index contributed by atoms with van der Waals surface area (Å²) in [5, 5.41) is 10.8. The van der Waals surface area contributed by atoms with Gasteiger partial charge in [0.05, 0.1) is 12.4 Å². The van der Waals surface area contributed by atoms with Gasteiger partial charge in [-0.15, -0.1) is 11.8 Å². The highest BCUT2D eigenvalue weighted by molar-refractivity contribution is 8.02. The Morgan fingerprint density at radius 1 is 1.11 bits per heavy atom. The third-order valence-corrected chi connectivity index (χ3v) is 11.9. The number of hydrogen-bond acceptors (Lipinski definition) is 10. The summed E-state index contributed by atoms with van der Waals surface area (Å²) >= 11 is 13.9. The maximum atomic E-state index is 13.7. The van der Waals surface area contributed by atoms with E-state index in [4.69, 9.17) is 32.7 Å². The largest absolute Gasteiger partial charge is 0.619 e. The van der Waals surface area contributed by atoms with Crippen molar-refractivity contribution in [2.45, 2.75) is 37.4 Å². The molecular weight excluding hydrogens is 689 g/mol. The molecule has 0 unspecified atom stereocenters. The number of rotatable bonds is 14. The number of carbonyl (C=O) groups is 1. The number of esters is 1. The molecule has 3 heterocycles. The molecule has 3 aliphatic rings. The Balaban J connectivity index is 1.38. The molecule has 2 aromatic rings. The first-order valence-electron chi connectivity index (χ1n) is 14.9. The maximum absolute atomic E-state index is 13.7. The first-order valence-corrected chi connectivity index (χ1v) is 18.3. The predicted molar refractivity (Wildman–Crippen MR) is 170 cm³/mol. The molecule has 1 aromatic carbocycles. The number of likely N-dealkylation sites (N-methyl/N-ethyl adjacent to an activating group) is 1. The lowest BCUT2D eigenvalue weighted by molar-refractivity contribution is -0.605. The fraction of sp³-hybridized carbons (Fsp3) is 0.586. The fourth-order valence-electron chi connectivity index (χ4n) is 5.22. The van der Waals surface area contributed by atoms with Gasteiger partial charge in [-0.3, -0.25) is 4.90 Å². The molecule has 3 fully saturated rings. The highest BCUT2D eigenvalue weighted by Gasteiger charge is 2.41. The van der Waals surface area contributed by atoms with E-state index in [1.54, 1.807) is 0 Å². The third kappa shape index (κ3) is 9.26. The van der Waals surface area contributed by atoms with Gasteiger partial charge in [0.25, 0.3) is 0 Å². The standard InChI is InChI=1S/C29H36Cl2F2N4O7S2/c1-34-6-8-35(9-7-34)11-13-46(40,41)37-10-12-45-27(37)28(38)43-25(15-21-22(30)16-36(39)17-23(21)31)20-4-5-24(44-29(32)33)26(14-20)42-18-19-2-3-19/h4-5,14,16-17,19,25,27,29H,2-3,6-13,15,18H2,1H3/t25-,27-/m0/s1. The molecule has 0 spiro atoms. The fourth-order valence-corrected chi connectivity index (χ4v) is 8.97. The summed E-state index contributed by atoms with van der Waals surface area (Å²) in [7, 11) is -1.79. The van der Waals surface area contributed by atoms with Crippen LogP contribution in [0.5, 0.6) is 11.5 Å². The van der Waals surface area contributed by atoms with Gasteiger partial charge in [0, 0.05) is 57.0 Å². The summed E-state index contributed by atoms with van der Waals surface area (Å²) in [5.74, 6) is -0.376. The second-order valence-corrected chi connectivity index (χ2v) is 15.6. The summed E-state index contributed by atoms with van der Waals surface area (Å²) in [5.41, 5.74) is 0.650. The smallest absolute Gasteiger partial charge is 0.387 e. The lowest BCUT2D eigenvalue weighted by atomic mass is 10.0. The van der Waals surface area contributed by atoms with Crippen molar-refractivity contribution < 1.29 is 40.9 Å². The number of aromatic nitrogens is 1. The van der Waals surface area contributed by atoms with Crippen molar-refractivity contribution in [3.63, 3.8) is 0 Å². The van der Waals surface area contributed by atoms with Gasteiger partial charge in [-0.2, -0.15) is 17.8 Å². The van der Waals surface area contributed by atoms with Gasteiger partial charge in [0.15, 0.2) is 29.3 Å². The Labute approximate surface area is 281 Å². The van der Waals surface area contributed by atoms with Crippen LogP contribution in [-0.4, -0.2) is 105 Å². The van der Waals surface area contributed by atoms with E-state index in [2.05, 4.69) is 14.5 Å². The normalized spacial score (nSPS) is 20.6. The average molecular weight is 726 g/mol. The molecule has 2 atom stereocenters. The van der Waals surface area contributed by atoms with Crippen LogP contribution < -0.4 is 14.2 Å². The van der Waals surface area contributed by atoms with Crippen LogP contribution >= 0.6 is 35.0 Å². The predicted octanol–water partition coefficient (Wildman–Crippen LogP) is 3.80. The minimum atomic E-state index is -3.81. The summed E-state index contributed by atoms with van der Waals surface area (Å²) in [6.45, 7) is 0.934. The van der Waals surface area contributed by atoms with E-state index in [0.717, 1.165) is 63.2 Å². The highest BCUT2D eigenvalue weighted by Crippen LogP contribution is 2.39. The minimum Gasteiger partial charge on any atom is -0.619 e. The number of piperazine rings is 1. The zero-order chi connectivity index (χ0) is 33.0. The monoisotopic (exact) mass is 724 g/mol. The number of hydrogen-bond donors (Lipinski definition) is 0. The van der Waals surface area contributed by atoms with E-state index in [0.29, 0.717) is 40.7 Å². The number of carbonyl (C=O) groups excluding carboxylic acids is 1.